The van der Waals surface area contributed by atoms with E-state index in [0.717, 1.165) is 17.2 Å². The summed E-state index contributed by atoms with van der Waals surface area (Å²) in [5.74, 6) is 0.950. The summed E-state index contributed by atoms with van der Waals surface area (Å²) in [5.41, 5.74) is 5.02. The van der Waals surface area contributed by atoms with E-state index >= 15 is 0 Å². The monoisotopic (exact) mass is 285 g/mol. The number of hydrogen-bond donors (Lipinski definition) is 0. The standard InChI is InChI=1S/C19H27NO/c1-3-4-7-15-8-5-10-16-12-18-14(2)20-21-19(18)13-17(16)11-6-9-15/h12-13,15H,3-11H2,1-2H3. The van der Waals surface area contributed by atoms with Crippen molar-refractivity contribution < 1.29 is 4.52 Å². The summed E-state index contributed by atoms with van der Waals surface area (Å²) < 4.78 is 5.44. The molecule has 2 heteroatoms. The first kappa shape index (κ1) is 14.6. The lowest BCUT2D eigenvalue weighted by atomic mass is 9.91. The van der Waals surface area contributed by atoms with Crippen LogP contribution in [-0.2, 0) is 12.8 Å². The lowest BCUT2D eigenvalue weighted by molar-refractivity contribution is 0.390. The van der Waals surface area contributed by atoms with Gasteiger partial charge in [-0.05, 0) is 61.8 Å². The van der Waals surface area contributed by atoms with Gasteiger partial charge in [0.1, 0.15) is 0 Å². The molecule has 1 heterocycles. The predicted octanol–water partition coefficient (Wildman–Crippen LogP) is 5.60. The topological polar surface area (TPSA) is 26.0 Å². The molecule has 0 N–H and O–H groups in total. The number of fused-ring (bicyclic) bond motifs is 2. The van der Waals surface area contributed by atoms with E-state index in [4.69, 9.17) is 4.52 Å². The van der Waals surface area contributed by atoms with Crippen molar-refractivity contribution in [2.45, 2.75) is 71.6 Å². The van der Waals surface area contributed by atoms with Crippen LogP contribution in [-0.4, -0.2) is 5.16 Å². The van der Waals surface area contributed by atoms with E-state index in [1.54, 1.807) is 0 Å². The van der Waals surface area contributed by atoms with Crippen LogP contribution >= 0.6 is 0 Å². The van der Waals surface area contributed by atoms with Gasteiger partial charge in [-0.1, -0.05) is 44.2 Å². The summed E-state index contributed by atoms with van der Waals surface area (Å²) in [4.78, 5) is 0. The zero-order valence-electron chi connectivity index (χ0n) is 13.5. The van der Waals surface area contributed by atoms with E-state index in [-0.39, 0.29) is 0 Å². The molecule has 1 aliphatic carbocycles. The largest absolute Gasteiger partial charge is 0.356 e. The van der Waals surface area contributed by atoms with Crippen molar-refractivity contribution in [3.05, 3.63) is 29.0 Å². The van der Waals surface area contributed by atoms with E-state index in [0.29, 0.717) is 0 Å². The van der Waals surface area contributed by atoms with Gasteiger partial charge in [0.2, 0.25) is 0 Å². The quantitative estimate of drug-likeness (QED) is 0.733. The molecule has 1 aliphatic rings. The van der Waals surface area contributed by atoms with E-state index in [9.17, 15) is 0 Å². The average molecular weight is 285 g/mol. The maximum atomic E-state index is 5.44. The van der Waals surface area contributed by atoms with Crippen LogP contribution < -0.4 is 0 Å². The number of aryl methyl sites for hydroxylation is 3. The second kappa shape index (κ2) is 6.64. The molecule has 2 aromatic rings. The minimum absolute atomic E-state index is 0.950. The molecule has 0 saturated heterocycles. The highest BCUT2D eigenvalue weighted by molar-refractivity contribution is 5.81. The highest BCUT2D eigenvalue weighted by Crippen LogP contribution is 2.30. The molecule has 21 heavy (non-hydrogen) atoms. The molecule has 2 nitrogen and oxygen atoms in total. The van der Waals surface area contributed by atoms with Gasteiger partial charge in [-0.2, -0.15) is 0 Å². The fraction of sp³-hybridized carbons (Fsp3) is 0.632. The van der Waals surface area contributed by atoms with Crippen LogP contribution in [0.2, 0.25) is 0 Å². The Hall–Kier alpha value is -1.31. The Kier molecular flexibility index (Phi) is 4.62. The lowest BCUT2D eigenvalue weighted by Crippen LogP contribution is -2.00. The predicted molar refractivity (Wildman–Crippen MR) is 87.6 cm³/mol. The molecule has 1 aromatic carbocycles. The minimum Gasteiger partial charge on any atom is -0.356 e. The summed E-state index contributed by atoms with van der Waals surface area (Å²) in [7, 11) is 0. The summed E-state index contributed by atoms with van der Waals surface area (Å²) in [6.07, 6.45) is 12.0. The van der Waals surface area contributed by atoms with Crippen molar-refractivity contribution in [1.29, 1.82) is 0 Å². The third kappa shape index (κ3) is 3.30. The lowest BCUT2D eigenvalue weighted by Gasteiger charge is -2.14. The first-order chi connectivity index (χ1) is 10.3. The molecule has 3 rings (SSSR count). The van der Waals surface area contributed by atoms with Gasteiger partial charge in [0.15, 0.2) is 5.58 Å². The smallest absolute Gasteiger partial charge is 0.167 e. The zero-order valence-corrected chi connectivity index (χ0v) is 13.5. The van der Waals surface area contributed by atoms with E-state index in [2.05, 4.69) is 24.2 Å². The normalized spacial score (nSPS) is 19.8. The highest BCUT2D eigenvalue weighted by Gasteiger charge is 2.15. The molecule has 0 fully saturated rings. The number of benzene rings is 1. The Morgan fingerprint density at radius 3 is 2.57 bits per heavy atom. The Balaban J connectivity index is 1.78. The molecule has 0 aliphatic heterocycles. The molecule has 0 bridgehead atoms. The molecular weight excluding hydrogens is 258 g/mol. The van der Waals surface area contributed by atoms with Crippen molar-refractivity contribution in [3.63, 3.8) is 0 Å². The number of nitrogens with zero attached hydrogens (tertiary/aromatic N) is 1. The van der Waals surface area contributed by atoms with Crippen LogP contribution in [0.25, 0.3) is 11.0 Å². The fourth-order valence-corrected chi connectivity index (χ4v) is 3.75. The van der Waals surface area contributed by atoms with E-state index in [1.165, 1.54) is 74.3 Å². The summed E-state index contributed by atoms with van der Waals surface area (Å²) in [5, 5.41) is 5.31. The van der Waals surface area contributed by atoms with Crippen molar-refractivity contribution >= 4 is 11.0 Å². The van der Waals surface area contributed by atoms with Crippen LogP contribution in [0.1, 0.15) is 68.7 Å². The molecule has 0 saturated carbocycles. The molecule has 0 amide bonds. The zero-order chi connectivity index (χ0) is 14.7. The third-order valence-corrected chi connectivity index (χ3v) is 5.06. The highest BCUT2D eigenvalue weighted by atomic mass is 16.5. The van der Waals surface area contributed by atoms with Crippen molar-refractivity contribution in [2.75, 3.05) is 0 Å². The van der Waals surface area contributed by atoms with Crippen molar-refractivity contribution in [3.8, 4) is 0 Å². The minimum atomic E-state index is 0.950. The van der Waals surface area contributed by atoms with Crippen LogP contribution in [0.3, 0.4) is 0 Å². The van der Waals surface area contributed by atoms with Crippen LogP contribution in [0.15, 0.2) is 16.7 Å². The Labute approximate surface area is 127 Å². The Morgan fingerprint density at radius 1 is 1.14 bits per heavy atom. The second-order valence-corrected chi connectivity index (χ2v) is 6.68. The first-order valence-electron chi connectivity index (χ1n) is 8.65. The third-order valence-electron chi connectivity index (χ3n) is 5.06. The SMILES string of the molecule is CCCCC1CCCc2cc3onc(C)c3cc2CCC1. The van der Waals surface area contributed by atoms with Gasteiger partial charge in [-0.3, -0.25) is 0 Å². The molecule has 1 unspecified atom stereocenters. The number of rotatable bonds is 3. The number of hydrogen-bond acceptors (Lipinski definition) is 2. The molecule has 1 aromatic heterocycles. The fourth-order valence-electron chi connectivity index (χ4n) is 3.75. The van der Waals surface area contributed by atoms with E-state index < -0.39 is 0 Å². The van der Waals surface area contributed by atoms with Gasteiger partial charge in [0.05, 0.1) is 5.69 Å². The molecule has 1 atom stereocenters. The van der Waals surface area contributed by atoms with Gasteiger partial charge in [-0.15, -0.1) is 0 Å². The molecular formula is C19H27NO. The van der Waals surface area contributed by atoms with Gasteiger partial charge in [0, 0.05) is 5.39 Å². The average Bonchev–Trinajstić information content (AvgIpc) is 2.88. The summed E-state index contributed by atoms with van der Waals surface area (Å²) >= 11 is 0. The summed E-state index contributed by atoms with van der Waals surface area (Å²) in [6, 6.07) is 4.58. The van der Waals surface area contributed by atoms with E-state index in [1.807, 2.05) is 6.92 Å². The maximum absolute atomic E-state index is 5.44. The first-order valence-corrected chi connectivity index (χ1v) is 8.65. The van der Waals surface area contributed by atoms with Crippen LogP contribution in [0, 0.1) is 12.8 Å². The molecule has 0 spiro atoms. The van der Waals surface area contributed by atoms with Gasteiger partial charge >= 0.3 is 0 Å². The van der Waals surface area contributed by atoms with Crippen molar-refractivity contribution in [2.24, 2.45) is 5.92 Å². The van der Waals surface area contributed by atoms with Crippen LogP contribution in [0.4, 0.5) is 0 Å². The molecule has 114 valence electrons. The molecule has 0 radical (unpaired) electrons. The van der Waals surface area contributed by atoms with Crippen molar-refractivity contribution in [1.82, 2.24) is 5.16 Å². The van der Waals surface area contributed by atoms with Gasteiger partial charge in [-0.25, -0.2) is 0 Å². The van der Waals surface area contributed by atoms with Gasteiger partial charge in [0.25, 0.3) is 0 Å². The number of aromatic nitrogens is 1. The maximum Gasteiger partial charge on any atom is 0.167 e. The summed E-state index contributed by atoms with van der Waals surface area (Å²) in [6.45, 7) is 4.34. The van der Waals surface area contributed by atoms with Crippen LogP contribution in [0.5, 0.6) is 0 Å². The Bertz CT molecular complexity index is 599. The Morgan fingerprint density at radius 2 is 1.86 bits per heavy atom. The number of unbranched alkanes of at least 4 members (excludes halogenated alkanes) is 1. The van der Waals surface area contributed by atoms with Gasteiger partial charge < -0.3 is 4.52 Å². The second-order valence-electron chi connectivity index (χ2n) is 6.68.